The van der Waals surface area contributed by atoms with Crippen molar-refractivity contribution < 1.29 is 32.6 Å². The van der Waals surface area contributed by atoms with Crippen molar-refractivity contribution in [2.24, 2.45) is 0 Å². The van der Waals surface area contributed by atoms with Crippen molar-refractivity contribution in [3.8, 4) is 5.75 Å². The van der Waals surface area contributed by atoms with Gasteiger partial charge < -0.3 is 9.84 Å². The van der Waals surface area contributed by atoms with E-state index in [2.05, 4.69) is 4.74 Å². The molecule has 0 aliphatic rings. The molecule has 0 bridgehead atoms. The summed E-state index contributed by atoms with van der Waals surface area (Å²) >= 11 is 5.43. The molecule has 1 aromatic carbocycles. The molecule has 98 valence electrons. The highest BCUT2D eigenvalue weighted by molar-refractivity contribution is 6.41. The van der Waals surface area contributed by atoms with Gasteiger partial charge in [0.25, 0.3) is 5.78 Å². The minimum atomic E-state index is -4.82. The summed E-state index contributed by atoms with van der Waals surface area (Å²) < 4.78 is 42.5. The van der Waals surface area contributed by atoms with E-state index in [1.54, 1.807) is 0 Å². The van der Waals surface area contributed by atoms with Crippen LogP contribution in [0.2, 0.25) is 5.02 Å². The summed E-state index contributed by atoms with van der Waals surface area (Å²) in [6.45, 7) is 0. The first-order chi connectivity index (χ1) is 8.18. The SMILES string of the molecule is COc1c(C(=O)C(=O)O)cc(Cl)cc1C(F)(F)F. The molecule has 4 nitrogen and oxygen atoms in total. The number of carbonyl (C=O) groups is 2. The van der Waals surface area contributed by atoms with E-state index in [1.165, 1.54) is 0 Å². The lowest BCUT2D eigenvalue weighted by molar-refractivity contribution is -0.139. The van der Waals surface area contributed by atoms with Crippen LogP contribution in [0.15, 0.2) is 12.1 Å². The number of benzene rings is 1. The zero-order valence-corrected chi connectivity index (χ0v) is 9.59. The Kier molecular flexibility index (Phi) is 3.85. The lowest BCUT2D eigenvalue weighted by Gasteiger charge is -2.14. The Hall–Kier alpha value is -1.76. The van der Waals surface area contributed by atoms with Gasteiger partial charge in [-0.1, -0.05) is 11.6 Å². The van der Waals surface area contributed by atoms with E-state index in [1.807, 2.05) is 0 Å². The molecule has 0 aromatic heterocycles. The van der Waals surface area contributed by atoms with Crippen LogP contribution < -0.4 is 4.74 Å². The van der Waals surface area contributed by atoms with E-state index < -0.39 is 39.8 Å². The average molecular weight is 283 g/mol. The summed E-state index contributed by atoms with van der Waals surface area (Å²) in [6.07, 6.45) is -4.82. The van der Waals surface area contributed by atoms with E-state index in [-0.39, 0.29) is 0 Å². The Bertz CT molecular complexity index is 511. The molecule has 0 radical (unpaired) electrons. The van der Waals surface area contributed by atoms with Crippen LogP contribution in [0.4, 0.5) is 13.2 Å². The second-order valence-electron chi connectivity index (χ2n) is 3.17. The van der Waals surface area contributed by atoms with Gasteiger partial charge in [0.2, 0.25) is 0 Å². The summed E-state index contributed by atoms with van der Waals surface area (Å²) in [5, 5.41) is 8.10. The van der Waals surface area contributed by atoms with E-state index in [0.717, 1.165) is 13.2 Å². The number of hydrogen-bond donors (Lipinski definition) is 1. The summed E-state index contributed by atoms with van der Waals surface area (Å²) in [7, 11) is 0.900. The molecule has 1 aromatic rings. The molecule has 18 heavy (non-hydrogen) atoms. The lowest BCUT2D eigenvalue weighted by atomic mass is 10.0. The number of ether oxygens (including phenoxy) is 1. The van der Waals surface area contributed by atoms with Crippen LogP contribution in [0, 0.1) is 0 Å². The Balaban J connectivity index is 3.58. The number of ketones is 1. The number of alkyl halides is 3. The standard InChI is InChI=1S/C10H6ClF3O4/c1-18-8-5(7(15)9(16)17)2-4(11)3-6(8)10(12,13)14/h2-3H,1H3,(H,16,17). The van der Waals surface area contributed by atoms with Gasteiger partial charge in [-0.2, -0.15) is 13.2 Å². The quantitative estimate of drug-likeness (QED) is 0.684. The normalized spacial score (nSPS) is 11.2. The van der Waals surface area contributed by atoms with Crippen LogP contribution in [0.1, 0.15) is 15.9 Å². The van der Waals surface area contributed by atoms with Crippen LogP contribution in [0.5, 0.6) is 5.75 Å². The van der Waals surface area contributed by atoms with Crippen molar-refractivity contribution in [2.75, 3.05) is 7.11 Å². The third kappa shape index (κ3) is 2.73. The van der Waals surface area contributed by atoms with Gasteiger partial charge in [-0.05, 0) is 12.1 Å². The van der Waals surface area contributed by atoms with E-state index in [0.29, 0.717) is 6.07 Å². The number of hydrogen-bond acceptors (Lipinski definition) is 3. The molecule has 0 amide bonds. The fourth-order valence-electron chi connectivity index (χ4n) is 1.31. The largest absolute Gasteiger partial charge is 0.495 e. The first kappa shape index (κ1) is 14.3. The number of methoxy groups -OCH3 is 1. The average Bonchev–Trinajstić information content (AvgIpc) is 2.25. The summed E-state index contributed by atoms with van der Waals surface area (Å²) in [4.78, 5) is 21.8. The smallest absolute Gasteiger partial charge is 0.420 e. The predicted molar refractivity (Wildman–Crippen MR) is 55.0 cm³/mol. The topological polar surface area (TPSA) is 63.6 Å². The van der Waals surface area contributed by atoms with Crippen molar-refractivity contribution in [3.05, 3.63) is 28.3 Å². The fraction of sp³-hybridized carbons (Fsp3) is 0.200. The number of halogens is 4. The predicted octanol–water partition coefficient (Wildman–Crippen LogP) is 2.63. The van der Waals surface area contributed by atoms with Gasteiger partial charge in [-0.3, -0.25) is 4.79 Å². The van der Waals surface area contributed by atoms with Crippen LogP contribution in [0.25, 0.3) is 0 Å². The first-order valence-corrected chi connectivity index (χ1v) is 4.78. The Morgan fingerprint density at radius 3 is 2.28 bits per heavy atom. The minimum Gasteiger partial charge on any atom is -0.495 e. The van der Waals surface area contributed by atoms with Gasteiger partial charge in [0.15, 0.2) is 0 Å². The molecule has 0 saturated carbocycles. The molecule has 0 aliphatic carbocycles. The van der Waals surface area contributed by atoms with Crippen LogP contribution >= 0.6 is 11.6 Å². The van der Waals surface area contributed by atoms with Gasteiger partial charge >= 0.3 is 12.1 Å². The molecule has 0 heterocycles. The maximum atomic E-state index is 12.7. The van der Waals surface area contributed by atoms with E-state index in [9.17, 15) is 22.8 Å². The Morgan fingerprint density at radius 1 is 1.33 bits per heavy atom. The second kappa shape index (κ2) is 4.85. The molecule has 0 atom stereocenters. The third-order valence-electron chi connectivity index (χ3n) is 2.00. The summed E-state index contributed by atoms with van der Waals surface area (Å²) in [5.41, 5.74) is -2.05. The number of aliphatic carboxylic acids is 1. The minimum absolute atomic E-state index is 0.410. The number of Topliss-reactive ketones (excluding diaryl/α,β-unsaturated/α-hetero) is 1. The zero-order valence-electron chi connectivity index (χ0n) is 8.84. The van der Waals surface area contributed by atoms with Crippen LogP contribution in [-0.2, 0) is 11.0 Å². The number of carboxylic acids is 1. The second-order valence-corrected chi connectivity index (χ2v) is 3.60. The van der Waals surface area contributed by atoms with Gasteiger partial charge in [-0.25, -0.2) is 4.79 Å². The fourth-order valence-corrected chi connectivity index (χ4v) is 1.53. The lowest BCUT2D eigenvalue weighted by Crippen LogP contribution is -2.17. The van der Waals surface area contributed by atoms with Crippen LogP contribution in [-0.4, -0.2) is 24.0 Å². The first-order valence-electron chi connectivity index (χ1n) is 4.40. The molecule has 0 aliphatic heterocycles. The van der Waals surface area contributed by atoms with Crippen molar-refractivity contribution in [3.63, 3.8) is 0 Å². The van der Waals surface area contributed by atoms with E-state index >= 15 is 0 Å². The van der Waals surface area contributed by atoms with E-state index in [4.69, 9.17) is 16.7 Å². The molecule has 1 rings (SSSR count). The Morgan fingerprint density at radius 2 is 1.89 bits per heavy atom. The molecule has 1 N–H and O–H groups in total. The highest BCUT2D eigenvalue weighted by Crippen LogP contribution is 2.40. The highest BCUT2D eigenvalue weighted by atomic mass is 35.5. The third-order valence-corrected chi connectivity index (χ3v) is 2.22. The molecule has 0 spiro atoms. The molecule has 0 fully saturated rings. The van der Waals surface area contributed by atoms with Crippen molar-refractivity contribution >= 4 is 23.4 Å². The number of rotatable bonds is 3. The monoisotopic (exact) mass is 282 g/mol. The summed E-state index contributed by atoms with van der Waals surface area (Å²) in [5.74, 6) is -4.29. The maximum Gasteiger partial charge on any atom is 0.420 e. The van der Waals surface area contributed by atoms with Gasteiger partial charge in [0.05, 0.1) is 18.2 Å². The Labute approximate surface area is 104 Å². The molecule has 8 heteroatoms. The van der Waals surface area contributed by atoms with Gasteiger partial charge in [0.1, 0.15) is 5.75 Å². The zero-order chi connectivity index (χ0) is 14.1. The van der Waals surface area contributed by atoms with Crippen LogP contribution in [0.3, 0.4) is 0 Å². The molecule has 0 saturated heterocycles. The van der Waals surface area contributed by atoms with Crippen molar-refractivity contribution in [1.29, 1.82) is 0 Å². The highest BCUT2D eigenvalue weighted by Gasteiger charge is 2.37. The maximum absolute atomic E-state index is 12.7. The van der Waals surface area contributed by atoms with Gasteiger partial charge in [-0.15, -0.1) is 0 Å². The van der Waals surface area contributed by atoms with Crippen molar-refractivity contribution in [1.82, 2.24) is 0 Å². The number of carboxylic acid groups (broad SMARTS) is 1. The molecule has 0 unspecified atom stereocenters. The summed E-state index contributed by atoms with van der Waals surface area (Å²) in [6, 6.07) is 1.37. The van der Waals surface area contributed by atoms with Gasteiger partial charge in [0, 0.05) is 5.02 Å². The number of carbonyl (C=O) groups excluding carboxylic acids is 1. The molecular weight excluding hydrogens is 277 g/mol. The van der Waals surface area contributed by atoms with Crippen molar-refractivity contribution in [2.45, 2.75) is 6.18 Å². The molecular formula is C10H6ClF3O4.